The first kappa shape index (κ1) is 10.9. The van der Waals surface area contributed by atoms with Crippen LogP contribution in [0.15, 0.2) is 6.07 Å². The van der Waals surface area contributed by atoms with Crippen LogP contribution in [-0.4, -0.2) is 10.2 Å². The van der Waals surface area contributed by atoms with Crippen LogP contribution in [0.4, 0.5) is 0 Å². The Morgan fingerprint density at radius 2 is 1.93 bits per heavy atom. The zero-order valence-electron chi connectivity index (χ0n) is 8.28. The molecule has 0 heterocycles. The first-order valence-corrected chi connectivity index (χ1v) is 4.53. The number of aromatic hydroxyl groups is 2. The number of nitriles is 2. The fourth-order valence-electron chi connectivity index (χ4n) is 1.43. The Kier molecular flexibility index (Phi) is 3.15. The molecule has 15 heavy (non-hydrogen) atoms. The van der Waals surface area contributed by atoms with Gasteiger partial charge >= 0.3 is 0 Å². The standard InChI is InChI=1S/C11H10N2O2/c1-2-3-8-7(5-12)4-10(14)11(15)9(8)6-13/h4,14-15H,2-3H2,1H3. The predicted octanol–water partition coefficient (Wildman–Crippen LogP) is 1.79. The summed E-state index contributed by atoms with van der Waals surface area (Å²) in [5.74, 6) is -0.872. The van der Waals surface area contributed by atoms with Crippen molar-refractivity contribution in [1.29, 1.82) is 10.5 Å². The molecule has 0 aromatic heterocycles. The van der Waals surface area contributed by atoms with E-state index in [0.717, 1.165) is 6.42 Å². The lowest BCUT2D eigenvalue weighted by Crippen LogP contribution is -1.95. The van der Waals surface area contributed by atoms with Gasteiger partial charge in [0.1, 0.15) is 11.6 Å². The van der Waals surface area contributed by atoms with E-state index in [9.17, 15) is 10.2 Å². The molecule has 0 bridgehead atoms. The van der Waals surface area contributed by atoms with Crippen molar-refractivity contribution in [1.82, 2.24) is 0 Å². The number of hydrogen-bond acceptors (Lipinski definition) is 4. The van der Waals surface area contributed by atoms with Gasteiger partial charge in [0, 0.05) is 6.07 Å². The summed E-state index contributed by atoms with van der Waals surface area (Å²) < 4.78 is 0. The summed E-state index contributed by atoms with van der Waals surface area (Å²) in [7, 11) is 0. The monoisotopic (exact) mass is 202 g/mol. The molecule has 4 nitrogen and oxygen atoms in total. The van der Waals surface area contributed by atoms with Crippen LogP contribution in [-0.2, 0) is 6.42 Å². The molecule has 4 heteroatoms. The van der Waals surface area contributed by atoms with Gasteiger partial charge in [-0.2, -0.15) is 10.5 Å². The first-order valence-electron chi connectivity index (χ1n) is 4.53. The number of phenolic OH excluding ortho intramolecular Hbond substituents is 2. The lowest BCUT2D eigenvalue weighted by molar-refractivity contribution is 0.401. The summed E-state index contributed by atoms with van der Waals surface area (Å²) in [6, 6.07) is 4.89. The molecular formula is C11H10N2O2. The van der Waals surface area contributed by atoms with Crippen LogP contribution in [0.1, 0.15) is 30.0 Å². The summed E-state index contributed by atoms with van der Waals surface area (Å²) in [6.07, 6.45) is 1.28. The number of hydrogen-bond donors (Lipinski definition) is 2. The second-order valence-corrected chi connectivity index (χ2v) is 3.12. The van der Waals surface area contributed by atoms with Crippen molar-refractivity contribution in [2.45, 2.75) is 19.8 Å². The Labute approximate surface area is 87.6 Å². The summed E-state index contributed by atoms with van der Waals surface area (Å²) in [5, 5.41) is 36.4. The van der Waals surface area contributed by atoms with Crippen molar-refractivity contribution in [2.24, 2.45) is 0 Å². The Bertz CT molecular complexity index is 467. The molecule has 0 atom stereocenters. The van der Waals surface area contributed by atoms with Crippen LogP contribution in [0.25, 0.3) is 0 Å². The maximum absolute atomic E-state index is 9.44. The van der Waals surface area contributed by atoms with E-state index in [4.69, 9.17) is 10.5 Å². The minimum absolute atomic E-state index is 0.00611. The van der Waals surface area contributed by atoms with Gasteiger partial charge in [0.15, 0.2) is 11.5 Å². The molecule has 2 N–H and O–H groups in total. The molecule has 1 aromatic carbocycles. The van der Waals surface area contributed by atoms with E-state index < -0.39 is 11.5 Å². The van der Waals surface area contributed by atoms with E-state index in [-0.39, 0.29) is 11.1 Å². The van der Waals surface area contributed by atoms with Gasteiger partial charge in [0.25, 0.3) is 0 Å². The number of benzene rings is 1. The average molecular weight is 202 g/mol. The Balaban J connectivity index is 3.53. The Hall–Kier alpha value is -2.20. The summed E-state index contributed by atoms with van der Waals surface area (Å²) >= 11 is 0. The van der Waals surface area contributed by atoms with E-state index in [1.165, 1.54) is 6.07 Å². The quantitative estimate of drug-likeness (QED) is 0.715. The third kappa shape index (κ3) is 1.84. The molecule has 0 radical (unpaired) electrons. The summed E-state index contributed by atoms with van der Waals surface area (Å²) in [4.78, 5) is 0. The van der Waals surface area contributed by atoms with Crippen molar-refractivity contribution in [3.8, 4) is 23.6 Å². The van der Waals surface area contributed by atoms with Gasteiger partial charge in [-0.1, -0.05) is 13.3 Å². The van der Waals surface area contributed by atoms with Gasteiger partial charge in [-0.15, -0.1) is 0 Å². The molecule has 0 saturated heterocycles. The average Bonchev–Trinajstić information content (AvgIpc) is 2.24. The molecule has 1 rings (SSSR count). The first-order chi connectivity index (χ1) is 7.15. The minimum atomic E-state index is -0.444. The highest BCUT2D eigenvalue weighted by Crippen LogP contribution is 2.33. The van der Waals surface area contributed by atoms with Gasteiger partial charge in [0.2, 0.25) is 0 Å². The number of nitrogens with zero attached hydrogens (tertiary/aromatic N) is 2. The molecule has 76 valence electrons. The van der Waals surface area contributed by atoms with Crippen LogP contribution in [0.5, 0.6) is 11.5 Å². The van der Waals surface area contributed by atoms with Crippen LogP contribution in [0.3, 0.4) is 0 Å². The molecule has 0 amide bonds. The van der Waals surface area contributed by atoms with E-state index in [2.05, 4.69) is 0 Å². The van der Waals surface area contributed by atoms with Gasteiger partial charge in [0.05, 0.1) is 11.6 Å². The van der Waals surface area contributed by atoms with Crippen LogP contribution in [0, 0.1) is 22.7 Å². The maximum atomic E-state index is 9.44. The van der Waals surface area contributed by atoms with Gasteiger partial charge in [-0.3, -0.25) is 0 Å². The predicted molar refractivity (Wildman–Crippen MR) is 53.2 cm³/mol. The van der Waals surface area contributed by atoms with Crippen molar-refractivity contribution in [3.05, 3.63) is 22.8 Å². The highest BCUT2D eigenvalue weighted by molar-refractivity contribution is 5.61. The minimum Gasteiger partial charge on any atom is -0.504 e. The molecule has 1 aromatic rings. The Morgan fingerprint density at radius 3 is 2.40 bits per heavy atom. The fraction of sp³-hybridized carbons (Fsp3) is 0.273. The zero-order chi connectivity index (χ0) is 11.4. The third-order valence-corrected chi connectivity index (χ3v) is 2.12. The second kappa shape index (κ2) is 4.34. The van der Waals surface area contributed by atoms with Crippen molar-refractivity contribution < 1.29 is 10.2 Å². The van der Waals surface area contributed by atoms with Crippen molar-refractivity contribution in [3.63, 3.8) is 0 Å². The van der Waals surface area contributed by atoms with E-state index >= 15 is 0 Å². The summed E-state index contributed by atoms with van der Waals surface area (Å²) in [5.41, 5.74) is 0.731. The molecule has 0 aliphatic rings. The molecule has 0 aliphatic carbocycles. The lowest BCUT2D eigenvalue weighted by atomic mass is 9.97. The van der Waals surface area contributed by atoms with Crippen molar-refractivity contribution >= 4 is 0 Å². The lowest BCUT2D eigenvalue weighted by Gasteiger charge is -2.08. The Morgan fingerprint density at radius 1 is 1.27 bits per heavy atom. The molecular weight excluding hydrogens is 192 g/mol. The van der Waals surface area contributed by atoms with Crippen molar-refractivity contribution in [2.75, 3.05) is 0 Å². The van der Waals surface area contributed by atoms with Gasteiger partial charge in [-0.25, -0.2) is 0 Å². The number of rotatable bonds is 2. The highest BCUT2D eigenvalue weighted by atomic mass is 16.3. The topological polar surface area (TPSA) is 88.0 Å². The van der Waals surface area contributed by atoms with Gasteiger partial charge in [-0.05, 0) is 12.0 Å². The van der Waals surface area contributed by atoms with Crippen LogP contribution in [0.2, 0.25) is 0 Å². The smallest absolute Gasteiger partial charge is 0.175 e. The molecule has 0 aliphatic heterocycles. The van der Waals surface area contributed by atoms with E-state index in [1.807, 2.05) is 13.0 Å². The van der Waals surface area contributed by atoms with E-state index in [0.29, 0.717) is 12.0 Å². The maximum Gasteiger partial charge on any atom is 0.175 e. The fourth-order valence-corrected chi connectivity index (χ4v) is 1.43. The molecule has 0 unspecified atom stereocenters. The summed E-state index contributed by atoms with van der Waals surface area (Å²) in [6.45, 7) is 1.91. The highest BCUT2D eigenvalue weighted by Gasteiger charge is 2.16. The molecule has 0 fully saturated rings. The van der Waals surface area contributed by atoms with Crippen LogP contribution < -0.4 is 0 Å². The molecule has 0 spiro atoms. The van der Waals surface area contributed by atoms with E-state index in [1.54, 1.807) is 6.07 Å². The van der Waals surface area contributed by atoms with Crippen LogP contribution >= 0.6 is 0 Å². The normalized spacial score (nSPS) is 9.27. The molecule has 0 saturated carbocycles. The second-order valence-electron chi connectivity index (χ2n) is 3.12. The largest absolute Gasteiger partial charge is 0.504 e. The zero-order valence-corrected chi connectivity index (χ0v) is 8.28. The number of phenols is 2. The SMILES string of the molecule is CCCc1c(C#N)cc(O)c(O)c1C#N. The third-order valence-electron chi connectivity index (χ3n) is 2.12. The van der Waals surface area contributed by atoms with Gasteiger partial charge < -0.3 is 10.2 Å².